The standard InChI is InChI=1S/C19H21N5O3S/c1-2-23-12-16(11-20-23)28(25,26)24-15-9-8-14(10-15)17(24)19-21-18(22-27-19)13-6-4-3-5-7-13/h3-7,11-12,14-15,17H,2,8-10H2,1H3/t14-,15-,17+/m0/s1. The summed E-state index contributed by atoms with van der Waals surface area (Å²) in [4.78, 5) is 4.77. The molecule has 1 aliphatic heterocycles. The average molecular weight is 399 g/mol. The summed E-state index contributed by atoms with van der Waals surface area (Å²) in [6.45, 7) is 2.54. The van der Waals surface area contributed by atoms with E-state index < -0.39 is 16.1 Å². The second kappa shape index (κ2) is 6.52. The molecule has 1 saturated heterocycles. The molecule has 8 nitrogen and oxygen atoms in total. The van der Waals surface area contributed by atoms with Crippen molar-refractivity contribution in [2.45, 2.75) is 49.7 Å². The molecule has 3 aromatic rings. The van der Waals surface area contributed by atoms with E-state index in [1.165, 1.54) is 6.20 Å². The Balaban J connectivity index is 1.52. The zero-order chi connectivity index (χ0) is 19.3. The Morgan fingerprint density at radius 3 is 2.79 bits per heavy atom. The van der Waals surface area contributed by atoms with Crippen LogP contribution in [-0.4, -0.2) is 38.7 Å². The molecule has 28 heavy (non-hydrogen) atoms. The Kier molecular flexibility index (Phi) is 4.09. The second-order valence-corrected chi connectivity index (χ2v) is 9.20. The van der Waals surface area contributed by atoms with Gasteiger partial charge in [0.05, 0.1) is 6.20 Å². The summed E-state index contributed by atoms with van der Waals surface area (Å²) in [7, 11) is -3.69. The first-order valence-corrected chi connectivity index (χ1v) is 11.0. The molecule has 0 amide bonds. The molecule has 2 aliphatic rings. The summed E-state index contributed by atoms with van der Waals surface area (Å²) in [6.07, 6.45) is 5.67. The van der Waals surface area contributed by atoms with Gasteiger partial charge in [0.25, 0.3) is 0 Å². The van der Waals surface area contributed by atoms with Gasteiger partial charge in [-0.1, -0.05) is 35.5 Å². The van der Waals surface area contributed by atoms with Gasteiger partial charge in [-0.05, 0) is 32.1 Å². The Labute approximate surface area is 163 Å². The molecule has 1 saturated carbocycles. The van der Waals surface area contributed by atoms with Crippen molar-refractivity contribution in [2.75, 3.05) is 0 Å². The monoisotopic (exact) mass is 399 g/mol. The Morgan fingerprint density at radius 2 is 2.04 bits per heavy atom. The lowest BCUT2D eigenvalue weighted by atomic mass is 10.00. The van der Waals surface area contributed by atoms with E-state index in [-0.39, 0.29) is 16.9 Å². The van der Waals surface area contributed by atoms with E-state index in [0.29, 0.717) is 18.3 Å². The maximum absolute atomic E-state index is 13.4. The van der Waals surface area contributed by atoms with Crippen molar-refractivity contribution in [3.05, 3.63) is 48.6 Å². The van der Waals surface area contributed by atoms with Gasteiger partial charge < -0.3 is 4.52 Å². The predicted octanol–water partition coefficient (Wildman–Crippen LogP) is 2.87. The lowest BCUT2D eigenvalue weighted by Gasteiger charge is -2.31. The van der Waals surface area contributed by atoms with Crippen LogP contribution in [0.2, 0.25) is 0 Å². The van der Waals surface area contributed by atoms with Gasteiger partial charge in [0.2, 0.25) is 21.7 Å². The molecular formula is C19H21N5O3S. The molecule has 3 atom stereocenters. The lowest BCUT2D eigenvalue weighted by Crippen LogP contribution is -2.40. The number of fused-ring (bicyclic) bond motifs is 2. The summed E-state index contributed by atoms with van der Waals surface area (Å²) in [5.41, 5.74) is 0.847. The number of hydrogen-bond acceptors (Lipinski definition) is 6. The Morgan fingerprint density at radius 1 is 1.21 bits per heavy atom. The average Bonchev–Trinajstić information content (AvgIpc) is 3.51. The van der Waals surface area contributed by atoms with Crippen molar-refractivity contribution in [1.29, 1.82) is 0 Å². The van der Waals surface area contributed by atoms with Crippen LogP contribution < -0.4 is 0 Å². The zero-order valence-electron chi connectivity index (χ0n) is 15.5. The lowest BCUT2D eigenvalue weighted by molar-refractivity contribution is 0.197. The molecule has 5 rings (SSSR count). The minimum atomic E-state index is -3.69. The van der Waals surface area contributed by atoms with Gasteiger partial charge in [-0.15, -0.1) is 0 Å². The number of sulfonamides is 1. The van der Waals surface area contributed by atoms with E-state index in [4.69, 9.17) is 4.52 Å². The molecule has 2 fully saturated rings. The largest absolute Gasteiger partial charge is 0.337 e. The number of hydrogen-bond donors (Lipinski definition) is 0. The van der Waals surface area contributed by atoms with Crippen LogP contribution in [0.3, 0.4) is 0 Å². The molecule has 0 spiro atoms. The summed E-state index contributed by atoms with van der Waals surface area (Å²) in [5, 5.41) is 8.23. The van der Waals surface area contributed by atoms with Crippen molar-refractivity contribution in [3.63, 3.8) is 0 Å². The van der Waals surface area contributed by atoms with Crippen LogP contribution in [0.1, 0.15) is 38.1 Å². The Bertz CT molecular complexity index is 1090. The quantitative estimate of drug-likeness (QED) is 0.655. The van der Waals surface area contributed by atoms with E-state index in [1.807, 2.05) is 37.3 Å². The topological polar surface area (TPSA) is 94.1 Å². The van der Waals surface area contributed by atoms with Crippen LogP contribution in [0, 0.1) is 5.92 Å². The molecule has 9 heteroatoms. The highest BCUT2D eigenvalue weighted by atomic mass is 32.2. The first-order chi connectivity index (χ1) is 13.6. The van der Waals surface area contributed by atoms with Crippen molar-refractivity contribution >= 4 is 10.0 Å². The first-order valence-electron chi connectivity index (χ1n) is 9.53. The van der Waals surface area contributed by atoms with Gasteiger partial charge in [0.1, 0.15) is 10.9 Å². The smallest absolute Gasteiger partial charge is 0.247 e. The minimum Gasteiger partial charge on any atom is -0.337 e. The molecule has 3 heterocycles. The van der Waals surface area contributed by atoms with Crippen LogP contribution in [0.5, 0.6) is 0 Å². The third kappa shape index (κ3) is 2.68. The van der Waals surface area contributed by atoms with E-state index in [9.17, 15) is 8.42 Å². The van der Waals surface area contributed by atoms with Crippen LogP contribution in [0.4, 0.5) is 0 Å². The SMILES string of the molecule is CCn1cc(S(=O)(=O)N2[C@H]3CC[C@@H](C3)[C@@H]2c2nc(-c3ccccc3)no2)cn1. The third-order valence-corrected chi connectivity index (χ3v) is 7.65. The van der Waals surface area contributed by atoms with E-state index >= 15 is 0 Å². The highest BCUT2D eigenvalue weighted by Crippen LogP contribution is 2.52. The third-order valence-electron chi connectivity index (χ3n) is 5.76. The maximum Gasteiger partial charge on any atom is 0.247 e. The molecule has 2 aromatic heterocycles. The van der Waals surface area contributed by atoms with Gasteiger partial charge in [0.15, 0.2) is 0 Å². The molecular weight excluding hydrogens is 378 g/mol. The normalized spacial score (nSPS) is 24.8. The predicted molar refractivity (Wildman–Crippen MR) is 101 cm³/mol. The van der Waals surface area contributed by atoms with E-state index in [2.05, 4.69) is 15.2 Å². The number of nitrogens with zero attached hydrogens (tertiary/aromatic N) is 5. The van der Waals surface area contributed by atoms with Crippen molar-refractivity contribution in [1.82, 2.24) is 24.2 Å². The highest BCUT2D eigenvalue weighted by Gasteiger charge is 2.54. The first kappa shape index (κ1) is 17.6. The molecule has 2 bridgehead atoms. The number of benzene rings is 1. The summed E-state index contributed by atoms with van der Waals surface area (Å²) in [5.74, 6) is 1.05. The molecule has 0 radical (unpaired) electrons. The fraction of sp³-hybridized carbons (Fsp3) is 0.421. The summed E-state index contributed by atoms with van der Waals surface area (Å²) < 4.78 is 35.6. The minimum absolute atomic E-state index is 0.0305. The van der Waals surface area contributed by atoms with Gasteiger partial charge in [-0.3, -0.25) is 4.68 Å². The van der Waals surface area contributed by atoms with Crippen molar-refractivity contribution in [3.8, 4) is 11.4 Å². The van der Waals surface area contributed by atoms with Crippen LogP contribution >= 0.6 is 0 Å². The fourth-order valence-corrected chi connectivity index (χ4v) is 6.26. The fourth-order valence-electron chi connectivity index (χ4n) is 4.43. The zero-order valence-corrected chi connectivity index (χ0v) is 16.3. The summed E-state index contributed by atoms with van der Waals surface area (Å²) in [6, 6.07) is 9.10. The second-order valence-electron chi connectivity index (χ2n) is 7.36. The van der Waals surface area contributed by atoms with E-state index in [1.54, 1.807) is 15.2 Å². The van der Waals surface area contributed by atoms with Gasteiger partial charge >= 0.3 is 0 Å². The maximum atomic E-state index is 13.4. The molecule has 0 unspecified atom stereocenters. The number of piperidine rings is 1. The molecule has 146 valence electrons. The van der Waals surface area contributed by atoms with Crippen molar-refractivity contribution in [2.24, 2.45) is 5.92 Å². The molecule has 1 aliphatic carbocycles. The van der Waals surface area contributed by atoms with Crippen molar-refractivity contribution < 1.29 is 12.9 Å². The van der Waals surface area contributed by atoms with Crippen LogP contribution in [0.25, 0.3) is 11.4 Å². The van der Waals surface area contributed by atoms with Crippen LogP contribution in [0.15, 0.2) is 52.1 Å². The number of rotatable bonds is 5. The molecule has 1 aromatic carbocycles. The highest BCUT2D eigenvalue weighted by molar-refractivity contribution is 7.89. The number of aromatic nitrogens is 4. The summed E-state index contributed by atoms with van der Waals surface area (Å²) >= 11 is 0. The number of aryl methyl sites for hydroxylation is 1. The van der Waals surface area contributed by atoms with Gasteiger partial charge in [0, 0.05) is 24.3 Å². The molecule has 0 N–H and O–H groups in total. The Hall–Kier alpha value is -2.52. The van der Waals surface area contributed by atoms with Gasteiger partial charge in [-0.25, -0.2) is 8.42 Å². The van der Waals surface area contributed by atoms with Gasteiger partial charge in [-0.2, -0.15) is 14.4 Å². The van der Waals surface area contributed by atoms with Crippen LogP contribution in [-0.2, 0) is 16.6 Å². The van der Waals surface area contributed by atoms with E-state index in [0.717, 1.165) is 24.8 Å².